The standard InChI is InChI=1S/C21H17F3N6O3S/c1-33-11-30(34(31,32)18-9-12(22)5-6-15(18)23)17-4-2-3-13(19(17)24)20-14(10-27-29-20)16-7-8-26-21(25)28-16/h2-10H,11H2,1H3,(H,27,29)(H2,25,26,28). The number of nitrogen functional groups attached to an aromatic ring is 1. The highest BCUT2D eigenvalue weighted by Crippen LogP contribution is 2.36. The summed E-state index contributed by atoms with van der Waals surface area (Å²) >= 11 is 0. The van der Waals surface area contributed by atoms with Crippen molar-refractivity contribution in [3.63, 3.8) is 0 Å². The number of nitrogens with two attached hydrogens (primary N) is 1. The van der Waals surface area contributed by atoms with Gasteiger partial charge in [0.1, 0.15) is 29.0 Å². The summed E-state index contributed by atoms with van der Waals surface area (Å²) in [5.74, 6) is -3.17. The van der Waals surface area contributed by atoms with Gasteiger partial charge in [0.25, 0.3) is 10.0 Å². The van der Waals surface area contributed by atoms with Crippen molar-refractivity contribution in [3.05, 3.63) is 72.3 Å². The maximum absolute atomic E-state index is 15.8. The van der Waals surface area contributed by atoms with Crippen LogP contribution in [0.1, 0.15) is 0 Å². The van der Waals surface area contributed by atoms with Crippen LogP contribution in [0.3, 0.4) is 0 Å². The number of ether oxygens (including phenoxy) is 1. The third-order valence-corrected chi connectivity index (χ3v) is 6.55. The molecule has 2 heterocycles. The van der Waals surface area contributed by atoms with Gasteiger partial charge in [0.15, 0.2) is 5.82 Å². The van der Waals surface area contributed by atoms with Crippen LogP contribution in [0.2, 0.25) is 0 Å². The normalized spacial score (nSPS) is 11.5. The number of nitrogens with zero attached hydrogens (tertiary/aromatic N) is 4. The highest BCUT2D eigenvalue weighted by Gasteiger charge is 2.31. The third kappa shape index (κ3) is 4.18. The molecular weight excluding hydrogens is 473 g/mol. The average molecular weight is 490 g/mol. The fourth-order valence-corrected chi connectivity index (χ4v) is 4.75. The molecule has 4 aromatic rings. The quantitative estimate of drug-likeness (QED) is 0.381. The number of hydrogen-bond donors (Lipinski definition) is 2. The van der Waals surface area contributed by atoms with Crippen LogP contribution < -0.4 is 10.0 Å². The van der Waals surface area contributed by atoms with E-state index in [2.05, 4.69) is 20.2 Å². The second-order valence-corrected chi connectivity index (χ2v) is 8.76. The van der Waals surface area contributed by atoms with Crippen molar-refractivity contribution in [2.24, 2.45) is 0 Å². The number of methoxy groups -OCH3 is 1. The summed E-state index contributed by atoms with van der Waals surface area (Å²) in [5.41, 5.74) is 5.94. The number of sulfonamides is 1. The Kier molecular flexibility index (Phi) is 6.22. The Morgan fingerprint density at radius 3 is 2.65 bits per heavy atom. The highest BCUT2D eigenvalue weighted by molar-refractivity contribution is 7.92. The number of H-pyrrole nitrogens is 1. The summed E-state index contributed by atoms with van der Waals surface area (Å²) in [6, 6.07) is 7.44. The lowest BCUT2D eigenvalue weighted by atomic mass is 10.0. The van der Waals surface area contributed by atoms with Gasteiger partial charge in [0, 0.05) is 30.6 Å². The minimum atomic E-state index is -4.76. The Bertz CT molecular complexity index is 1460. The molecule has 3 N–H and O–H groups in total. The Morgan fingerprint density at radius 1 is 1.12 bits per heavy atom. The van der Waals surface area contributed by atoms with Gasteiger partial charge in [-0.2, -0.15) is 5.10 Å². The number of anilines is 2. The molecule has 0 radical (unpaired) electrons. The van der Waals surface area contributed by atoms with Crippen LogP contribution in [-0.2, 0) is 14.8 Å². The molecule has 2 aromatic carbocycles. The lowest BCUT2D eigenvalue weighted by Gasteiger charge is -2.25. The molecular formula is C21H17F3N6O3S. The number of benzene rings is 2. The van der Waals surface area contributed by atoms with Gasteiger partial charge < -0.3 is 10.5 Å². The zero-order valence-electron chi connectivity index (χ0n) is 17.5. The van der Waals surface area contributed by atoms with Crippen molar-refractivity contribution in [1.29, 1.82) is 0 Å². The molecule has 34 heavy (non-hydrogen) atoms. The van der Waals surface area contributed by atoms with Crippen LogP contribution in [0.25, 0.3) is 22.5 Å². The zero-order chi connectivity index (χ0) is 24.5. The van der Waals surface area contributed by atoms with E-state index >= 15 is 4.39 Å². The summed E-state index contributed by atoms with van der Waals surface area (Å²) in [4.78, 5) is 6.94. The van der Waals surface area contributed by atoms with Gasteiger partial charge in [-0.1, -0.05) is 6.07 Å². The lowest BCUT2D eigenvalue weighted by Crippen LogP contribution is -2.34. The van der Waals surface area contributed by atoms with Crippen LogP contribution in [0.15, 0.2) is 59.8 Å². The molecule has 9 nitrogen and oxygen atoms in total. The second-order valence-electron chi connectivity index (χ2n) is 6.93. The largest absolute Gasteiger partial charge is 0.368 e. The summed E-state index contributed by atoms with van der Waals surface area (Å²) in [7, 11) is -3.58. The summed E-state index contributed by atoms with van der Waals surface area (Å²) < 4.78 is 75.6. The lowest BCUT2D eigenvalue weighted by molar-refractivity contribution is 0.209. The minimum absolute atomic E-state index is 0.00615. The van der Waals surface area contributed by atoms with Crippen molar-refractivity contribution in [2.45, 2.75) is 4.90 Å². The molecule has 0 saturated carbocycles. The Labute approximate surface area is 192 Å². The molecule has 0 amide bonds. The minimum Gasteiger partial charge on any atom is -0.368 e. The Morgan fingerprint density at radius 2 is 1.91 bits per heavy atom. The highest BCUT2D eigenvalue weighted by atomic mass is 32.2. The topological polar surface area (TPSA) is 127 Å². The Hall–Kier alpha value is -3.97. The van der Waals surface area contributed by atoms with Gasteiger partial charge in [-0.15, -0.1) is 0 Å². The summed E-state index contributed by atoms with van der Waals surface area (Å²) in [5, 5.41) is 6.69. The van der Waals surface area contributed by atoms with Gasteiger partial charge in [-0.3, -0.25) is 5.10 Å². The predicted molar refractivity (Wildman–Crippen MR) is 117 cm³/mol. The van der Waals surface area contributed by atoms with E-state index < -0.39 is 44.8 Å². The fraction of sp³-hybridized carbons (Fsp3) is 0.0952. The number of hydrogen-bond acceptors (Lipinski definition) is 7. The van der Waals surface area contributed by atoms with E-state index in [1.165, 1.54) is 37.7 Å². The first-order valence-corrected chi connectivity index (χ1v) is 11.1. The number of aromatic amines is 1. The van der Waals surface area contributed by atoms with E-state index in [0.29, 0.717) is 27.7 Å². The molecule has 2 aromatic heterocycles. The molecule has 176 valence electrons. The number of halogens is 3. The first-order chi connectivity index (χ1) is 16.2. The van der Waals surface area contributed by atoms with E-state index in [1.807, 2.05) is 0 Å². The van der Waals surface area contributed by atoms with E-state index in [1.54, 1.807) is 6.07 Å². The molecule has 0 spiro atoms. The van der Waals surface area contributed by atoms with Crippen LogP contribution in [0, 0.1) is 17.5 Å². The van der Waals surface area contributed by atoms with E-state index in [9.17, 15) is 17.2 Å². The number of aromatic nitrogens is 4. The van der Waals surface area contributed by atoms with Gasteiger partial charge in [-0.05, 0) is 36.4 Å². The van der Waals surface area contributed by atoms with E-state index in [-0.39, 0.29) is 17.2 Å². The first kappa shape index (κ1) is 23.2. The van der Waals surface area contributed by atoms with Gasteiger partial charge in [-0.25, -0.2) is 35.9 Å². The van der Waals surface area contributed by atoms with Crippen molar-refractivity contribution in [2.75, 3.05) is 23.9 Å². The van der Waals surface area contributed by atoms with Gasteiger partial charge in [0.2, 0.25) is 5.95 Å². The third-order valence-electron chi connectivity index (χ3n) is 4.80. The van der Waals surface area contributed by atoms with E-state index in [0.717, 1.165) is 6.07 Å². The molecule has 0 unspecified atom stereocenters. The summed E-state index contributed by atoms with van der Waals surface area (Å²) in [6.45, 7) is -0.672. The monoisotopic (exact) mass is 490 g/mol. The van der Waals surface area contributed by atoms with Crippen molar-refractivity contribution in [3.8, 4) is 22.5 Å². The molecule has 0 fully saturated rings. The zero-order valence-corrected chi connectivity index (χ0v) is 18.4. The van der Waals surface area contributed by atoms with Crippen molar-refractivity contribution < 1.29 is 26.3 Å². The SMILES string of the molecule is COCN(c1cccc(-c2n[nH]cc2-c2ccnc(N)n2)c1F)S(=O)(=O)c1cc(F)ccc1F. The first-order valence-electron chi connectivity index (χ1n) is 9.62. The second kappa shape index (κ2) is 9.11. The molecule has 13 heteroatoms. The van der Waals surface area contributed by atoms with Crippen molar-refractivity contribution >= 4 is 21.7 Å². The molecule has 0 saturated heterocycles. The fourth-order valence-electron chi connectivity index (χ4n) is 3.29. The molecule has 0 atom stereocenters. The van der Waals surface area contributed by atoms with Gasteiger partial charge >= 0.3 is 0 Å². The smallest absolute Gasteiger partial charge is 0.269 e. The van der Waals surface area contributed by atoms with Crippen LogP contribution in [-0.4, -0.2) is 42.4 Å². The van der Waals surface area contributed by atoms with Crippen LogP contribution in [0.4, 0.5) is 24.8 Å². The predicted octanol–water partition coefficient (Wildman–Crippen LogP) is 3.33. The van der Waals surface area contributed by atoms with Gasteiger partial charge in [0.05, 0.1) is 11.4 Å². The maximum Gasteiger partial charge on any atom is 0.269 e. The molecule has 0 aliphatic heterocycles. The number of nitrogens with one attached hydrogen (secondary N) is 1. The van der Waals surface area contributed by atoms with Crippen molar-refractivity contribution in [1.82, 2.24) is 20.2 Å². The van der Waals surface area contributed by atoms with Crippen LogP contribution in [0.5, 0.6) is 0 Å². The molecule has 0 aliphatic carbocycles. The molecule has 4 rings (SSSR count). The van der Waals surface area contributed by atoms with Crippen LogP contribution >= 0.6 is 0 Å². The van der Waals surface area contributed by atoms with E-state index in [4.69, 9.17) is 10.5 Å². The summed E-state index contributed by atoms with van der Waals surface area (Å²) in [6.07, 6.45) is 2.89. The maximum atomic E-state index is 15.8. The average Bonchev–Trinajstić information content (AvgIpc) is 3.29. The molecule has 0 bridgehead atoms. The molecule has 0 aliphatic rings. The number of rotatable bonds is 7. The Balaban J connectivity index is 1.86.